The van der Waals surface area contributed by atoms with E-state index in [1.807, 2.05) is 18.2 Å². The van der Waals surface area contributed by atoms with E-state index >= 15 is 0 Å². The minimum atomic E-state index is -0.549. The van der Waals surface area contributed by atoms with Gasteiger partial charge < -0.3 is 10.6 Å². The molecule has 0 aromatic heterocycles. The molecule has 0 fully saturated rings. The number of hydrogen-bond donors (Lipinski definition) is 2. The molecule has 2 N–H and O–H groups in total. The van der Waals surface area contributed by atoms with Gasteiger partial charge in [-0.05, 0) is 23.8 Å². The van der Waals surface area contributed by atoms with Crippen molar-refractivity contribution in [3.63, 3.8) is 0 Å². The first-order valence-corrected chi connectivity index (χ1v) is 7.06. The van der Waals surface area contributed by atoms with Crippen molar-refractivity contribution in [1.29, 1.82) is 0 Å². The van der Waals surface area contributed by atoms with Gasteiger partial charge in [0.15, 0.2) is 0 Å². The molecule has 0 radical (unpaired) electrons. The number of nitro groups is 1. The second-order valence-electron chi connectivity index (χ2n) is 4.81. The molecule has 0 heterocycles. The highest BCUT2D eigenvalue weighted by Crippen LogP contribution is 2.12. The minimum Gasteiger partial charge on any atom is -0.354 e. The second-order valence-corrected chi connectivity index (χ2v) is 4.81. The number of nitrogens with one attached hydrogen (secondary N) is 2. The molecule has 2 aromatic carbocycles. The van der Waals surface area contributed by atoms with Gasteiger partial charge in [0.05, 0.1) is 4.92 Å². The molecule has 2 aromatic rings. The SMILES string of the molecule is CNC(=O)/C(=C/c1ccccc1)NC(=O)c1ccc([N+](=O)[O-])cc1. The number of amides is 2. The van der Waals surface area contributed by atoms with Gasteiger partial charge in [-0.25, -0.2) is 0 Å². The Morgan fingerprint density at radius 3 is 2.21 bits per heavy atom. The monoisotopic (exact) mass is 325 g/mol. The second kappa shape index (κ2) is 7.68. The average Bonchev–Trinajstić information content (AvgIpc) is 2.61. The first-order valence-electron chi connectivity index (χ1n) is 7.06. The molecule has 0 saturated carbocycles. The highest BCUT2D eigenvalue weighted by atomic mass is 16.6. The van der Waals surface area contributed by atoms with Crippen LogP contribution in [0.25, 0.3) is 6.08 Å². The molecule has 7 nitrogen and oxygen atoms in total. The summed E-state index contributed by atoms with van der Waals surface area (Å²) < 4.78 is 0. The molecule has 0 spiro atoms. The predicted octanol–water partition coefficient (Wildman–Crippen LogP) is 2.11. The number of hydrogen-bond acceptors (Lipinski definition) is 4. The quantitative estimate of drug-likeness (QED) is 0.499. The van der Waals surface area contributed by atoms with Gasteiger partial charge in [-0.2, -0.15) is 0 Å². The highest BCUT2D eigenvalue weighted by Gasteiger charge is 2.14. The van der Waals surface area contributed by atoms with E-state index in [-0.39, 0.29) is 16.9 Å². The summed E-state index contributed by atoms with van der Waals surface area (Å²) in [5.74, 6) is -0.982. The van der Waals surface area contributed by atoms with Crippen LogP contribution in [-0.4, -0.2) is 23.8 Å². The van der Waals surface area contributed by atoms with Gasteiger partial charge in [-0.1, -0.05) is 30.3 Å². The zero-order chi connectivity index (χ0) is 17.5. The summed E-state index contributed by atoms with van der Waals surface area (Å²) in [6.45, 7) is 0. The maximum absolute atomic E-state index is 12.2. The number of non-ortho nitro benzene ring substituents is 1. The van der Waals surface area contributed by atoms with Crippen LogP contribution in [0.1, 0.15) is 15.9 Å². The van der Waals surface area contributed by atoms with Crippen molar-refractivity contribution in [3.05, 3.63) is 81.5 Å². The summed E-state index contributed by atoms with van der Waals surface area (Å²) in [5, 5.41) is 15.6. The van der Waals surface area contributed by atoms with Gasteiger partial charge in [0.1, 0.15) is 5.70 Å². The zero-order valence-electron chi connectivity index (χ0n) is 12.9. The van der Waals surface area contributed by atoms with Crippen LogP contribution >= 0.6 is 0 Å². The maximum atomic E-state index is 12.2. The van der Waals surface area contributed by atoms with E-state index in [0.717, 1.165) is 5.56 Å². The molecular weight excluding hydrogens is 310 g/mol. The smallest absolute Gasteiger partial charge is 0.269 e. The van der Waals surface area contributed by atoms with Crippen molar-refractivity contribution in [1.82, 2.24) is 10.6 Å². The largest absolute Gasteiger partial charge is 0.354 e. The fraction of sp³-hybridized carbons (Fsp3) is 0.0588. The lowest BCUT2D eigenvalue weighted by atomic mass is 10.1. The van der Waals surface area contributed by atoms with E-state index in [4.69, 9.17) is 0 Å². The highest BCUT2D eigenvalue weighted by molar-refractivity contribution is 6.05. The molecule has 2 amide bonds. The molecule has 0 aliphatic heterocycles. The molecule has 0 unspecified atom stereocenters. The van der Waals surface area contributed by atoms with E-state index < -0.39 is 16.7 Å². The number of likely N-dealkylation sites (N-methyl/N-ethyl adjacent to an activating group) is 1. The van der Waals surface area contributed by atoms with E-state index in [2.05, 4.69) is 10.6 Å². The van der Waals surface area contributed by atoms with Gasteiger partial charge in [-0.15, -0.1) is 0 Å². The summed E-state index contributed by atoms with van der Waals surface area (Å²) >= 11 is 0. The summed E-state index contributed by atoms with van der Waals surface area (Å²) in [6, 6.07) is 14.2. The first kappa shape index (κ1) is 16.9. The molecule has 0 bridgehead atoms. The fourth-order valence-electron chi connectivity index (χ4n) is 1.94. The number of carbonyl (C=O) groups is 2. The van der Waals surface area contributed by atoms with Gasteiger partial charge in [0, 0.05) is 24.7 Å². The van der Waals surface area contributed by atoms with Gasteiger partial charge in [-0.3, -0.25) is 19.7 Å². The van der Waals surface area contributed by atoms with Gasteiger partial charge in [0.2, 0.25) is 0 Å². The Balaban J connectivity index is 2.23. The Hall–Kier alpha value is -3.48. The van der Waals surface area contributed by atoms with Crippen LogP contribution in [0.5, 0.6) is 0 Å². The zero-order valence-corrected chi connectivity index (χ0v) is 12.9. The molecule has 0 saturated heterocycles. The van der Waals surface area contributed by atoms with Crippen molar-refractivity contribution in [2.45, 2.75) is 0 Å². The van der Waals surface area contributed by atoms with E-state index in [9.17, 15) is 19.7 Å². The first-order chi connectivity index (χ1) is 11.5. The lowest BCUT2D eigenvalue weighted by molar-refractivity contribution is -0.384. The van der Waals surface area contributed by atoms with Crippen molar-refractivity contribution in [2.24, 2.45) is 0 Å². The van der Waals surface area contributed by atoms with Crippen molar-refractivity contribution < 1.29 is 14.5 Å². The topological polar surface area (TPSA) is 101 Å². The normalized spacial score (nSPS) is 10.8. The molecule has 0 aliphatic rings. The van der Waals surface area contributed by atoms with Crippen LogP contribution in [0.15, 0.2) is 60.3 Å². The van der Waals surface area contributed by atoms with Crippen LogP contribution in [-0.2, 0) is 4.79 Å². The van der Waals surface area contributed by atoms with Crippen LogP contribution < -0.4 is 10.6 Å². The van der Waals surface area contributed by atoms with Crippen molar-refractivity contribution >= 4 is 23.6 Å². The van der Waals surface area contributed by atoms with Crippen LogP contribution in [0.3, 0.4) is 0 Å². The predicted molar refractivity (Wildman–Crippen MR) is 89.0 cm³/mol. The van der Waals surface area contributed by atoms with E-state index in [1.165, 1.54) is 31.3 Å². The number of rotatable bonds is 5. The van der Waals surface area contributed by atoms with Crippen molar-refractivity contribution in [2.75, 3.05) is 7.05 Å². The molecule has 24 heavy (non-hydrogen) atoms. The lowest BCUT2D eigenvalue weighted by Crippen LogP contribution is -2.33. The molecular formula is C17H15N3O4. The molecule has 0 aliphatic carbocycles. The van der Waals surface area contributed by atoms with Crippen LogP contribution in [0, 0.1) is 10.1 Å². The summed E-state index contributed by atoms with van der Waals surface area (Å²) in [6.07, 6.45) is 1.54. The minimum absolute atomic E-state index is 0.0760. The average molecular weight is 325 g/mol. The standard InChI is InChI=1S/C17H15N3O4/c1-18-17(22)15(11-12-5-3-2-4-6-12)19-16(21)13-7-9-14(10-8-13)20(23)24/h2-11H,1H3,(H,18,22)(H,19,21)/b15-11-. The number of nitrogens with zero attached hydrogens (tertiary/aromatic N) is 1. The third-order valence-electron chi connectivity index (χ3n) is 3.17. The lowest BCUT2D eigenvalue weighted by Gasteiger charge is -2.09. The number of nitro benzene ring substituents is 1. The maximum Gasteiger partial charge on any atom is 0.269 e. The fourth-order valence-corrected chi connectivity index (χ4v) is 1.94. The Morgan fingerprint density at radius 1 is 1.04 bits per heavy atom. The number of benzene rings is 2. The Kier molecular flexibility index (Phi) is 5.40. The van der Waals surface area contributed by atoms with Gasteiger partial charge in [0.25, 0.3) is 17.5 Å². The molecule has 122 valence electrons. The van der Waals surface area contributed by atoms with Gasteiger partial charge >= 0.3 is 0 Å². The Bertz CT molecular complexity index is 783. The summed E-state index contributed by atoms with van der Waals surface area (Å²) in [5.41, 5.74) is 0.925. The Labute approximate surface area is 138 Å². The summed E-state index contributed by atoms with van der Waals surface area (Å²) in [4.78, 5) is 34.3. The Morgan fingerprint density at radius 2 is 1.67 bits per heavy atom. The van der Waals surface area contributed by atoms with E-state index in [0.29, 0.717) is 0 Å². The third-order valence-corrected chi connectivity index (χ3v) is 3.17. The van der Waals surface area contributed by atoms with Crippen LogP contribution in [0.2, 0.25) is 0 Å². The van der Waals surface area contributed by atoms with Crippen molar-refractivity contribution in [3.8, 4) is 0 Å². The molecule has 0 atom stereocenters. The molecule has 7 heteroatoms. The van der Waals surface area contributed by atoms with E-state index in [1.54, 1.807) is 18.2 Å². The third kappa shape index (κ3) is 4.26. The number of carbonyl (C=O) groups excluding carboxylic acids is 2. The molecule has 2 rings (SSSR count). The van der Waals surface area contributed by atoms with Crippen LogP contribution in [0.4, 0.5) is 5.69 Å². The summed E-state index contributed by atoms with van der Waals surface area (Å²) in [7, 11) is 1.46.